The fourth-order valence-electron chi connectivity index (χ4n) is 4.91. The summed E-state index contributed by atoms with van der Waals surface area (Å²) in [6.07, 6.45) is 10.9. The number of rotatable bonds is 2. The first-order chi connectivity index (χ1) is 14.0. The first-order valence-electron chi connectivity index (χ1n) is 11.1. The Hall–Kier alpha value is -2.30. The van der Waals surface area contributed by atoms with Gasteiger partial charge in [0.05, 0.1) is 17.4 Å². The molecule has 1 unspecified atom stereocenters. The number of amidine groups is 1. The zero-order chi connectivity index (χ0) is 20.4. The van der Waals surface area contributed by atoms with Gasteiger partial charge in [-0.3, -0.25) is 9.98 Å². The van der Waals surface area contributed by atoms with Crippen molar-refractivity contribution in [3.63, 3.8) is 0 Å². The molecule has 1 aromatic rings. The van der Waals surface area contributed by atoms with Gasteiger partial charge in [0, 0.05) is 36.3 Å². The smallest absolute Gasteiger partial charge is 0.113 e. The quantitative estimate of drug-likeness (QED) is 0.609. The SMILES string of the molecule is CCC1=NC(C2CCCC2)C2=C3N=NC(C(C)(C)C)=C3CCN12.c1ccncc1. The number of pyridine rings is 1. The Kier molecular flexibility index (Phi) is 5.66. The number of fused-ring (bicyclic) bond motifs is 2. The van der Waals surface area contributed by atoms with Crippen molar-refractivity contribution in [1.82, 2.24) is 9.88 Å². The number of hydrogen-bond acceptors (Lipinski definition) is 5. The zero-order valence-electron chi connectivity index (χ0n) is 18.2. The third kappa shape index (κ3) is 3.92. The lowest BCUT2D eigenvalue weighted by atomic mass is 9.85. The lowest BCUT2D eigenvalue weighted by Gasteiger charge is -2.31. The van der Waals surface area contributed by atoms with Crippen molar-refractivity contribution in [3.8, 4) is 0 Å². The summed E-state index contributed by atoms with van der Waals surface area (Å²) in [4.78, 5) is 11.4. The number of aromatic nitrogens is 1. The largest absolute Gasteiger partial charge is 0.329 e. The summed E-state index contributed by atoms with van der Waals surface area (Å²) in [6, 6.07) is 6.04. The van der Waals surface area contributed by atoms with Crippen LogP contribution >= 0.6 is 0 Å². The minimum Gasteiger partial charge on any atom is -0.329 e. The number of hydrogen-bond donors (Lipinski definition) is 0. The third-order valence-corrected chi connectivity index (χ3v) is 6.26. The average Bonchev–Trinajstić information content (AvgIpc) is 3.45. The summed E-state index contributed by atoms with van der Waals surface area (Å²) in [5.41, 5.74) is 5.18. The molecule has 1 atom stereocenters. The van der Waals surface area contributed by atoms with Gasteiger partial charge in [0.2, 0.25) is 0 Å². The van der Waals surface area contributed by atoms with Crippen LogP contribution in [0.5, 0.6) is 0 Å². The molecule has 0 aromatic carbocycles. The summed E-state index contributed by atoms with van der Waals surface area (Å²) in [5, 5.41) is 9.25. The van der Waals surface area contributed by atoms with Crippen molar-refractivity contribution in [3.05, 3.63) is 53.3 Å². The van der Waals surface area contributed by atoms with Crippen LogP contribution in [0, 0.1) is 11.3 Å². The summed E-state index contributed by atoms with van der Waals surface area (Å²) >= 11 is 0. The Bertz CT molecular complexity index is 824. The van der Waals surface area contributed by atoms with Gasteiger partial charge in [-0.1, -0.05) is 46.6 Å². The van der Waals surface area contributed by atoms with E-state index in [1.165, 1.54) is 48.5 Å². The molecule has 4 aliphatic rings. The molecule has 0 N–H and O–H groups in total. The first kappa shape index (κ1) is 20.0. The van der Waals surface area contributed by atoms with E-state index < -0.39 is 0 Å². The van der Waals surface area contributed by atoms with Gasteiger partial charge in [0.15, 0.2) is 0 Å². The maximum Gasteiger partial charge on any atom is 0.113 e. The minimum absolute atomic E-state index is 0.0687. The molecule has 0 saturated heterocycles. The van der Waals surface area contributed by atoms with Crippen LogP contribution in [0.1, 0.15) is 66.2 Å². The van der Waals surface area contributed by atoms with E-state index in [-0.39, 0.29) is 5.41 Å². The molecule has 0 bridgehead atoms. The van der Waals surface area contributed by atoms with Crippen LogP contribution in [0.25, 0.3) is 0 Å². The van der Waals surface area contributed by atoms with E-state index in [9.17, 15) is 0 Å². The molecule has 29 heavy (non-hydrogen) atoms. The molecule has 1 aromatic heterocycles. The first-order valence-corrected chi connectivity index (χ1v) is 11.1. The molecule has 1 saturated carbocycles. The summed E-state index contributed by atoms with van der Waals surface area (Å²) in [6.45, 7) is 10.00. The van der Waals surface area contributed by atoms with Gasteiger partial charge in [-0.25, -0.2) is 0 Å². The highest BCUT2D eigenvalue weighted by molar-refractivity contribution is 5.87. The number of azo groups is 1. The van der Waals surface area contributed by atoms with E-state index in [1.54, 1.807) is 12.4 Å². The van der Waals surface area contributed by atoms with Crippen LogP contribution in [0.4, 0.5) is 0 Å². The lowest BCUT2D eigenvalue weighted by Crippen LogP contribution is -2.34. The van der Waals surface area contributed by atoms with Gasteiger partial charge in [-0.2, -0.15) is 5.11 Å². The fourth-order valence-corrected chi connectivity index (χ4v) is 4.91. The molecule has 0 spiro atoms. The third-order valence-electron chi connectivity index (χ3n) is 6.26. The Morgan fingerprint density at radius 1 is 1.03 bits per heavy atom. The second-order valence-electron chi connectivity index (χ2n) is 9.33. The Balaban J connectivity index is 0.000000294. The molecule has 0 radical (unpaired) electrons. The topological polar surface area (TPSA) is 53.2 Å². The molecule has 5 rings (SSSR count). The maximum absolute atomic E-state index is 5.14. The average molecular weight is 392 g/mol. The number of nitrogens with zero attached hydrogens (tertiary/aromatic N) is 5. The second-order valence-corrected chi connectivity index (χ2v) is 9.33. The van der Waals surface area contributed by atoms with Crippen molar-refractivity contribution in [1.29, 1.82) is 0 Å². The molecule has 154 valence electrons. The van der Waals surface area contributed by atoms with Crippen molar-refractivity contribution in [2.45, 2.75) is 72.3 Å². The Morgan fingerprint density at radius 3 is 2.31 bits per heavy atom. The molecule has 4 heterocycles. The van der Waals surface area contributed by atoms with Gasteiger partial charge >= 0.3 is 0 Å². The highest BCUT2D eigenvalue weighted by Gasteiger charge is 2.43. The van der Waals surface area contributed by atoms with Gasteiger partial charge in [0.1, 0.15) is 11.5 Å². The minimum atomic E-state index is 0.0687. The molecule has 0 amide bonds. The van der Waals surface area contributed by atoms with Gasteiger partial charge in [-0.15, -0.1) is 5.11 Å². The van der Waals surface area contributed by atoms with E-state index in [0.717, 1.165) is 25.1 Å². The van der Waals surface area contributed by atoms with Crippen molar-refractivity contribution < 1.29 is 0 Å². The summed E-state index contributed by atoms with van der Waals surface area (Å²) in [5.74, 6) is 1.97. The monoisotopic (exact) mass is 391 g/mol. The van der Waals surface area contributed by atoms with Gasteiger partial charge in [-0.05, 0) is 37.3 Å². The van der Waals surface area contributed by atoms with E-state index >= 15 is 0 Å². The summed E-state index contributed by atoms with van der Waals surface area (Å²) < 4.78 is 0. The van der Waals surface area contributed by atoms with Gasteiger partial charge in [0.25, 0.3) is 0 Å². The Morgan fingerprint density at radius 2 is 1.76 bits per heavy atom. The fraction of sp³-hybridized carbons (Fsp3) is 0.583. The van der Waals surface area contributed by atoms with Crippen LogP contribution < -0.4 is 0 Å². The van der Waals surface area contributed by atoms with Gasteiger partial charge < -0.3 is 4.90 Å². The number of allylic oxidation sites excluding steroid dienone is 2. The Labute approximate surface area is 174 Å². The molecule has 1 fully saturated rings. The van der Waals surface area contributed by atoms with Crippen LogP contribution in [-0.4, -0.2) is 28.3 Å². The van der Waals surface area contributed by atoms with E-state index in [2.05, 4.69) is 47.8 Å². The molecular formula is C24H33N5. The highest BCUT2D eigenvalue weighted by Crippen LogP contribution is 2.47. The highest BCUT2D eigenvalue weighted by atomic mass is 15.3. The van der Waals surface area contributed by atoms with Crippen molar-refractivity contribution >= 4 is 5.84 Å². The molecule has 1 aliphatic carbocycles. The standard InChI is InChI=1S/C19H28N4.C5H5N/c1-5-14-20-15(12-8-6-7-9-12)17-16-13(10-11-23(14)17)18(22-21-16)19(2,3)4;1-2-4-6-5-3-1/h12,15H,5-11H2,1-4H3;1-5H. The van der Waals surface area contributed by atoms with E-state index in [4.69, 9.17) is 4.99 Å². The summed E-state index contributed by atoms with van der Waals surface area (Å²) in [7, 11) is 0. The van der Waals surface area contributed by atoms with Crippen molar-refractivity contribution in [2.75, 3.05) is 6.54 Å². The zero-order valence-corrected chi connectivity index (χ0v) is 18.2. The lowest BCUT2D eigenvalue weighted by molar-refractivity contribution is 0.409. The molecule has 3 aliphatic heterocycles. The van der Waals surface area contributed by atoms with E-state index in [1.807, 2.05) is 18.2 Å². The molecule has 5 nitrogen and oxygen atoms in total. The normalized spacial score (nSPS) is 23.8. The van der Waals surface area contributed by atoms with Crippen LogP contribution in [0.3, 0.4) is 0 Å². The predicted molar refractivity (Wildman–Crippen MR) is 117 cm³/mol. The van der Waals surface area contributed by atoms with Crippen LogP contribution in [0.2, 0.25) is 0 Å². The van der Waals surface area contributed by atoms with Crippen LogP contribution in [0.15, 0.2) is 68.5 Å². The molecule has 5 heteroatoms. The van der Waals surface area contributed by atoms with E-state index in [0.29, 0.717) is 12.0 Å². The molecular weight excluding hydrogens is 358 g/mol. The maximum atomic E-state index is 5.14. The number of aliphatic imine (C=N–C) groups is 1. The van der Waals surface area contributed by atoms with Crippen molar-refractivity contribution in [2.24, 2.45) is 26.6 Å². The second kappa shape index (κ2) is 8.21. The predicted octanol–water partition coefficient (Wildman–Crippen LogP) is 6.13. The van der Waals surface area contributed by atoms with Crippen LogP contribution in [-0.2, 0) is 0 Å².